The molecule has 6 aliphatic rings. The fraction of sp³-hybridized carbons (Fsp3) is 0.464. The average Bonchev–Trinajstić information content (AvgIpc) is 4.16. The van der Waals surface area contributed by atoms with Gasteiger partial charge in [-0.25, -0.2) is 0 Å². The molecule has 12 nitrogen and oxygen atoms in total. The number of rotatable bonds is 33. The summed E-state index contributed by atoms with van der Waals surface area (Å²) in [6, 6.07) is 17.5. The van der Waals surface area contributed by atoms with E-state index >= 15 is 0 Å². The highest BCUT2D eigenvalue weighted by Gasteiger charge is 2.73. The lowest BCUT2D eigenvalue weighted by Crippen LogP contribution is -2.70. The SMILES string of the molecule is C=CCCCOc1cccc(OCCCC=C)c1B1O[C@@H]2C3[C@@H]4OB(c5c(OCCCC=C)cccc5OCCCC=C)O[C@@H]4C([C@H]4OB(c5c(OCCCC=C)cccc5OCCCC=C)O[C@@H]34)[C@@H]2O1. The number of hydrogen-bond acceptors (Lipinski definition) is 12. The Hall–Kier alpha value is -5.15. The maximum Gasteiger partial charge on any atom is 0.502 e. The third-order valence-corrected chi connectivity index (χ3v) is 13.6. The van der Waals surface area contributed by atoms with Crippen LogP contribution in [-0.4, -0.2) is 97.6 Å². The van der Waals surface area contributed by atoms with E-state index in [4.69, 9.17) is 56.3 Å². The van der Waals surface area contributed by atoms with Crippen LogP contribution in [0.1, 0.15) is 77.0 Å². The van der Waals surface area contributed by atoms with Crippen LogP contribution in [0.15, 0.2) is 131 Å². The Morgan fingerprint density at radius 3 is 0.676 bits per heavy atom. The summed E-state index contributed by atoms with van der Waals surface area (Å²) in [5.41, 5.74) is 2.11. The fourth-order valence-corrected chi connectivity index (χ4v) is 10.3. The minimum Gasteiger partial charge on any atom is -0.494 e. The molecule has 6 fully saturated rings. The summed E-state index contributed by atoms with van der Waals surface area (Å²) in [5, 5.41) is 0. The zero-order valence-corrected chi connectivity index (χ0v) is 41.4. The van der Waals surface area contributed by atoms with Crippen molar-refractivity contribution in [2.75, 3.05) is 39.6 Å². The first-order valence-corrected chi connectivity index (χ1v) is 25.8. The molecule has 3 saturated heterocycles. The summed E-state index contributed by atoms with van der Waals surface area (Å²) in [4.78, 5) is 0. The molecule has 0 amide bonds. The average molecular weight is 969 g/mol. The van der Waals surface area contributed by atoms with Gasteiger partial charge in [0.25, 0.3) is 0 Å². The molecule has 2 bridgehead atoms. The first-order chi connectivity index (χ1) is 35.0. The maximum absolute atomic E-state index is 7.20. The second-order valence-electron chi connectivity index (χ2n) is 18.4. The third kappa shape index (κ3) is 12.2. The zero-order chi connectivity index (χ0) is 49.4. The molecule has 3 aliphatic carbocycles. The normalized spacial score (nSPS) is 23.6. The van der Waals surface area contributed by atoms with E-state index in [2.05, 4.69) is 39.5 Å². The summed E-state index contributed by atoms with van der Waals surface area (Å²) < 4.78 is 82.0. The van der Waals surface area contributed by atoms with E-state index in [1.54, 1.807) is 0 Å². The number of ether oxygens (including phenoxy) is 6. The van der Waals surface area contributed by atoms with Crippen molar-refractivity contribution >= 4 is 37.7 Å². The first kappa shape index (κ1) is 52.2. The molecular weight excluding hydrogens is 897 g/mol. The Morgan fingerprint density at radius 1 is 0.324 bits per heavy atom. The lowest BCUT2D eigenvalue weighted by atomic mass is 9.61. The van der Waals surface area contributed by atoms with Gasteiger partial charge in [0.05, 0.1) is 92.7 Å². The molecule has 3 saturated carbocycles. The largest absolute Gasteiger partial charge is 0.502 e. The monoisotopic (exact) mass is 969 g/mol. The van der Waals surface area contributed by atoms with Gasteiger partial charge >= 0.3 is 21.4 Å². The molecule has 71 heavy (non-hydrogen) atoms. The van der Waals surface area contributed by atoms with Crippen molar-refractivity contribution in [1.82, 2.24) is 0 Å². The molecule has 0 N–H and O–H groups in total. The number of unbranched alkanes of at least 4 members (excludes halogenated alkanes) is 6. The predicted octanol–water partition coefficient (Wildman–Crippen LogP) is 8.85. The highest BCUT2D eigenvalue weighted by Crippen LogP contribution is 2.56. The predicted molar refractivity (Wildman–Crippen MR) is 281 cm³/mol. The van der Waals surface area contributed by atoms with E-state index in [1.807, 2.05) is 91.1 Å². The van der Waals surface area contributed by atoms with Gasteiger partial charge in [-0.05, 0) is 113 Å². The molecule has 0 radical (unpaired) electrons. The molecule has 3 aliphatic heterocycles. The molecule has 15 heteroatoms. The molecule has 0 spiro atoms. The van der Waals surface area contributed by atoms with Gasteiger partial charge < -0.3 is 56.3 Å². The van der Waals surface area contributed by atoms with Gasteiger partial charge in [-0.3, -0.25) is 0 Å². The standard InChI is InChI=1S/C56H71B3O12/c1-7-13-19-34-60-40-28-25-29-41(61-35-20-14-8-2)48(40)57-66-51-46-53-54(69-58(68-53)49-42(62-36-21-15-9-3)30-26-31-43(49)63-37-22-16-10-4)47(52(51)67-57)56-55(46)70-59(71-56)50-44(64-38-23-17-11-5)32-27-33-45(50)65-39-24-18-12-6/h7-12,25-33,46-47,51-56H,1-6,13-24,34-39H2/t46?,47?,51-,52+,53-,54+,55+,56-. The molecule has 3 heterocycles. The molecule has 3 aromatic rings. The summed E-state index contributed by atoms with van der Waals surface area (Å²) in [5.74, 6) is 3.03. The zero-order valence-electron chi connectivity index (χ0n) is 41.4. The molecule has 0 aromatic heterocycles. The van der Waals surface area contributed by atoms with Gasteiger partial charge in [-0.2, -0.15) is 0 Å². The second kappa shape index (κ2) is 26.5. The van der Waals surface area contributed by atoms with Crippen molar-refractivity contribution in [2.45, 2.75) is 114 Å². The van der Waals surface area contributed by atoms with Crippen LogP contribution in [0.5, 0.6) is 34.5 Å². The smallest absolute Gasteiger partial charge is 0.494 e. The van der Waals surface area contributed by atoms with E-state index in [-0.39, 0.29) is 0 Å². The van der Waals surface area contributed by atoms with E-state index in [0.717, 1.165) is 77.0 Å². The Balaban J connectivity index is 1.15. The van der Waals surface area contributed by atoms with Crippen molar-refractivity contribution < 1.29 is 56.3 Å². The lowest BCUT2D eigenvalue weighted by Gasteiger charge is -2.55. The molecule has 376 valence electrons. The maximum atomic E-state index is 7.20. The minimum atomic E-state index is -0.829. The summed E-state index contributed by atoms with van der Waals surface area (Å²) in [6.07, 6.45) is 18.3. The Labute approximate surface area is 422 Å². The van der Waals surface area contributed by atoms with Crippen LogP contribution in [-0.2, 0) is 27.9 Å². The van der Waals surface area contributed by atoms with Crippen LogP contribution in [0.2, 0.25) is 0 Å². The lowest BCUT2D eigenvalue weighted by molar-refractivity contribution is -0.192. The number of benzene rings is 3. The first-order valence-electron chi connectivity index (χ1n) is 25.8. The van der Waals surface area contributed by atoms with Crippen LogP contribution in [0.25, 0.3) is 0 Å². The molecule has 0 unspecified atom stereocenters. The Kier molecular flexibility index (Phi) is 19.5. The molecular formula is C56H71B3O12. The van der Waals surface area contributed by atoms with Crippen molar-refractivity contribution in [2.24, 2.45) is 11.8 Å². The highest BCUT2D eigenvalue weighted by molar-refractivity contribution is 6.65. The van der Waals surface area contributed by atoms with Gasteiger partial charge in [-0.1, -0.05) is 54.7 Å². The van der Waals surface area contributed by atoms with Crippen LogP contribution in [0, 0.1) is 11.8 Å². The van der Waals surface area contributed by atoms with E-state index in [0.29, 0.717) is 90.5 Å². The quantitative estimate of drug-likeness (QED) is 0.0331. The van der Waals surface area contributed by atoms with Crippen molar-refractivity contribution in [3.63, 3.8) is 0 Å². The molecule has 9 rings (SSSR count). The summed E-state index contributed by atoms with van der Waals surface area (Å²) >= 11 is 0. The van der Waals surface area contributed by atoms with Crippen LogP contribution >= 0.6 is 0 Å². The van der Waals surface area contributed by atoms with Crippen molar-refractivity contribution in [1.29, 1.82) is 0 Å². The van der Waals surface area contributed by atoms with Gasteiger partial charge in [0.2, 0.25) is 0 Å². The van der Waals surface area contributed by atoms with Crippen LogP contribution in [0.3, 0.4) is 0 Å². The molecule has 6 atom stereocenters. The fourth-order valence-electron chi connectivity index (χ4n) is 10.3. The van der Waals surface area contributed by atoms with Gasteiger partial charge in [0, 0.05) is 11.8 Å². The Morgan fingerprint density at radius 2 is 0.507 bits per heavy atom. The minimum absolute atomic E-state index is 0.409. The van der Waals surface area contributed by atoms with Gasteiger partial charge in [0.15, 0.2) is 0 Å². The highest BCUT2D eigenvalue weighted by atomic mass is 16.7. The Bertz CT molecular complexity index is 1870. The van der Waals surface area contributed by atoms with E-state index < -0.39 is 69.8 Å². The second-order valence-corrected chi connectivity index (χ2v) is 18.4. The molecule has 3 aromatic carbocycles. The van der Waals surface area contributed by atoms with Crippen molar-refractivity contribution in [3.8, 4) is 34.5 Å². The third-order valence-electron chi connectivity index (χ3n) is 13.6. The van der Waals surface area contributed by atoms with Crippen molar-refractivity contribution in [3.05, 3.63) is 131 Å². The van der Waals surface area contributed by atoms with Gasteiger partial charge in [0.1, 0.15) is 34.5 Å². The van der Waals surface area contributed by atoms with Crippen LogP contribution < -0.4 is 44.8 Å². The van der Waals surface area contributed by atoms with E-state index in [1.165, 1.54) is 0 Å². The number of hydrogen-bond donors (Lipinski definition) is 0. The summed E-state index contributed by atoms with van der Waals surface area (Å²) in [7, 11) is -2.49. The van der Waals surface area contributed by atoms with E-state index in [9.17, 15) is 0 Å². The van der Waals surface area contributed by atoms with Crippen LogP contribution in [0.4, 0.5) is 0 Å². The number of allylic oxidation sites excluding steroid dienone is 6. The summed E-state index contributed by atoms with van der Waals surface area (Å²) in [6.45, 7) is 26.3. The van der Waals surface area contributed by atoms with Gasteiger partial charge in [-0.15, -0.1) is 39.5 Å². The topological polar surface area (TPSA) is 111 Å².